The number of nitrogens with zero attached hydrogens (tertiary/aromatic N) is 1. The topological polar surface area (TPSA) is 113 Å². The van der Waals surface area contributed by atoms with Gasteiger partial charge in [-0.15, -0.1) is 0 Å². The van der Waals surface area contributed by atoms with E-state index in [-0.39, 0.29) is 24.6 Å². The molecule has 0 atom stereocenters. The van der Waals surface area contributed by atoms with Gasteiger partial charge in [0.15, 0.2) is 12.3 Å². The van der Waals surface area contributed by atoms with Crippen LogP contribution in [-0.2, 0) is 14.3 Å². The summed E-state index contributed by atoms with van der Waals surface area (Å²) in [6.07, 6.45) is -0.0599. The molecule has 0 fully saturated rings. The molecule has 3 aromatic carbocycles. The largest absolute Gasteiger partial charge is 0.456 e. The monoisotopic (exact) mass is 416 g/mol. The molecule has 0 aliphatic carbocycles. The molecular formula is C23H20N4O4. The fraction of sp³-hybridized carbons (Fsp3) is 0.130. The van der Waals surface area contributed by atoms with Crippen molar-refractivity contribution in [3.8, 4) is 0 Å². The maximum absolute atomic E-state index is 12.3. The number of esters is 1. The average molecular weight is 416 g/mol. The highest BCUT2D eigenvalue weighted by atomic mass is 16.5. The molecule has 0 bridgehead atoms. The minimum atomic E-state index is -0.583. The van der Waals surface area contributed by atoms with Crippen LogP contribution in [0.2, 0.25) is 0 Å². The van der Waals surface area contributed by atoms with Gasteiger partial charge in [0.25, 0.3) is 11.8 Å². The number of anilines is 1. The Hall–Kier alpha value is -4.20. The summed E-state index contributed by atoms with van der Waals surface area (Å²) in [6, 6.07) is 20.5. The predicted molar refractivity (Wildman–Crippen MR) is 117 cm³/mol. The first-order valence-electron chi connectivity index (χ1n) is 9.76. The molecule has 2 amide bonds. The Morgan fingerprint density at radius 3 is 2.52 bits per heavy atom. The van der Waals surface area contributed by atoms with E-state index >= 15 is 0 Å². The molecule has 0 spiro atoms. The molecule has 8 nitrogen and oxygen atoms in total. The number of amides is 2. The molecule has 3 N–H and O–H groups in total. The van der Waals surface area contributed by atoms with Crippen LogP contribution in [0.1, 0.15) is 16.9 Å². The van der Waals surface area contributed by atoms with Crippen LogP contribution in [0.4, 0.5) is 5.69 Å². The zero-order valence-electron chi connectivity index (χ0n) is 16.6. The molecule has 0 aliphatic heterocycles. The molecule has 0 aliphatic rings. The van der Waals surface area contributed by atoms with E-state index in [0.29, 0.717) is 11.1 Å². The van der Waals surface area contributed by atoms with E-state index in [1.54, 1.807) is 12.1 Å². The van der Waals surface area contributed by atoms with E-state index in [9.17, 15) is 14.4 Å². The Morgan fingerprint density at radius 1 is 0.903 bits per heavy atom. The normalized spacial score (nSPS) is 10.7. The third-order valence-corrected chi connectivity index (χ3v) is 4.73. The summed E-state index contributed by atoms with van der Waals surface area (Å²) in [5.74, 6) is -1.41. The van der Waals surface area contributed by atoms with Gasteiger partial charge in [-0.2, -0.15) is 5.10 Å². The number of rotatable bonds is 7. The van der Waals surface area contributed by atoms with Crippen LogP contribution < -0.4 is 10.6 Å². The summed E-state index contributed by atoms with van der Waals surface area (Å²) < 4.78 is 5.01. The van der Waals surface area contributed by atoms with Crippen LogP contribution in [0.25, 0.3) is 21.7 Å². The number of fused-ring (bicyclic) bond motifs is 2. The number of carbonyl (C=O) groups excluding carboxylic acids is 3. The number of H-pyrrole nitrogens is 1. The molecule has 1 aromatic heterocycles. The molecule has 0 saturated heterocycles. The molecule has 4 rings (SSSR count). The maximum atomic E-state index is 12.3. The number of carbonyl (C=O) groups is 3. The van der Waals surface area contributed by atoms with E-state index < -0.39 is 18.5 Å². The van der Waals surface area contributed by atoms with Gasteiger partial charge >= 0.3 is 5.97 Å². The quantitative estimate of drug-likeness (QED) is 0.401. The summed E-state index contributed by atoms with van der Waals surface area (Å²) in [6.45, 7) is -0.330. The van der Waals surface area contributed by atoms with Crippen LogP contribution >= 0.6 is 0 Å². The minimum Gasteiger partial charge on any atom is -0.456 e. The average Bonchev–Trinajstić information content (AvgIpc) is 3.22. The second-order valence-corrected chi connectivity index (χ2v) is 6.86. The van der Waals surface area contributed by atoms with Crippen molar-refractivity contribution in [2.75, 3.05) is 18.5 Å². The van der Waals surface area contributed by atoms with E-state index in [2.05, 4.69) is 20.8 Å². The Bertz CT molecular complexity index is 1260. The van der Waals surface area contributed by atoms with E-state index in [4.69, 9.17) is 4.74 Å². The van der Waals surface area contributed by atoms with Crippen LogP contribution in [-0.4, -0.2) is 41.1 Å². The van der Waals surface area contributed by atoms with Gasteiger partial charge in [0, 0.05) is 23.0 Å². The van der Waals surface area contributed by atoms with Crippen molar-refractivity contribution in [1.82, 2.24) is 15.5 Å². The number of aromatic nitrogens is 2. The zero-order valence-corrected chi connectivity index (χ0v) is 16.6. The maximum Gasteiger partial charge on any atom is 0.308 e. The molecule has 1 heterocycles. The Kier molecular flexibility index (Phi) is 5.89. The first-order valence-corrected chi connectivity index (χ1v) is 9.76. The lowest BCUT2D eigenvalue weighted by atomic mass is 10.1. The molecule has 0 unspecified atom stereocenters. The van der Waals surface area contributed by atoms with Crippen molar-refractivity contribution in [1.29, 1.82) is 0 Å². The first-order chi connectivity index (χ1) is 15.1. The Labute approximate surface area is 177 Å². The number of benzene rings is 3. The van der Waals surface area contributed by atoms with E-state index in [1.165, 1.54) is 0 Å². The molecule has 0 radical (unpaired) electrons. The van der Waals surface area contributed by atoms with Crippen LogP contribution in [0.5, 0.6) is 0 Å². The third kappa shape index (κ3) is 4.69. The number of hydrogen-bond acceptors (Lipinski definition) is 5. The molecular weight excluding hydrogens is 396 g/mol. The van der Waals surface area contributed by atoms with Crippen molar-refractivity contribution in [3.63, 3.8) is 0 Å². The van der Waals surface area contributed by atoms with E-state index in [1.807, 2.05) is 54.6 Å². The van der Waals surface area contributed by atoms with Crippen molar-refractivity contribution in [2.24, 2.45) is 0 Å². The fourth-order valence-corrected chi connectivity index (χ4v) is 3.24. The van der Waals surface area contributed by atoms with Gasteiger partial charge < -0.3 is 15.4 Å². The number of hydrogen-bond donors (Lipinski definition) is 3. The summed E-state index contributed by atoms with van der Waals surface area (Å²) in [5.41, 5.74) is 1.67. The highest BCUT2D eigenvalue weighted by molar-refractivity contribution is 6.05. The molecule has 0 saturated carbocycles. The van der Waals surface area contributed by atoms with E-state index in [0.717, 1.165) is 16.3 Å². The van der Waals surface area contributed by atoms with Crippen LogP contribution in [0.15, 0.2) is 66.7 Å². The minimum absolute atomic E-state index is 0.0599. The number of ether oxygens (including phenoxy) is 1. The zero-order chi connectivity index (χ0) is 21.6. The smallest absolute Gasteiger partial charge is 0.308 e. The lowest BCUT2D eigenvalue weighted by Gasteiger charge is -2.09. The van der Waals surface area contributed by atoms with Crippen molar-refractivity contribution < 1.29 is 19.1 Å². The van der Waals surface area contributed by atoms with Gasteiger partial charge in [-0.3, -0.25) is 19.5 Å². The Balaban J connectivity index is 1.23. The summed E-state index contributed by atoms with van der Waals surface area (Å²) in [7, 11) is 0. The van der Waals surface area contributed by atoms with Gasteiger partial charge in [-0.1, -0.05) is 54.6 Å². The first kappa shape index (κ1) is 20.1. The van der Waals surface area contributed by atoms with Crippen LogP contribution in [0.3, 0.4) is 0 Å². The van der Waals surface area contributed by atoms with Crippen molar-refractivity contribution in [2.45, 2.75) is 6.42 Å². The molecule has 156 valence electrons. The Morgan fingerprint density at radius 2 is 1.65 bits per heavy atom. The van der Waals surface area contributed by atoms with Crippen molar-refractivity contribution >= 4 is 45.1 Å². The highest BCUT2D eigenvalue weighted by Gasteiger charge is 2.14. The van der Waals surface area contributed by atoms with Crippen molar-refractivity contribution in [3.05, 3.63) is 72.4 Å². The number of para-hydroxylation sites is 1. The lowest BCUT2D eigenvalue weighted by Crippen LogP contribution is -2.28. The van der Waals surface area contributed by atoms with Crippen LogP contribution in [0, 0.1) is 0 Å². The molecule has 4 aromatic rings. The summed E-state index contributed by atoms with van der Waals surface area (Å²) in [5, 5.41) is 14.8. The number of nitrogens with one attached hydrogen (secondary N) is 3. The third-order valence-electron chi connectivity index (χ3n) is 4.73. The second-order valence-electron chi connectivity index (χ2n) is 6.86. The second kappa shape index (κ2) is 9.08. The predicted octanol–water partition coefficient (Wildman–Crippen LogP) is 3.02. The number of aromatic amines is 1. The van der Waals surface area contributed by atoms with Gasteiger partial charge in [-0.25, -0.2) is 0 Å². The summed E-state index contributed by atoms with van der Waals surface area (Å²) in [4.78, 5) is 36.3. The SMILES string of the molecule is O=C(COC(=O)CCNC(=O)c1n[nH]c2ccccc12)Nc1cccc2ccccc12. The summed E-state index contributed by atoms with van der Waals surface area (Å²) >= 11 is 0. The standard InChI is InChI=1S/C23H20N4O4/c28-20(25-18-11-5-7-15-6-1-2-8-16(15)18)14-31-21(29)12-13-24-23(30)22-17-9-3-4-10-19(17)26-27-22/h1-11H,12-14H2,(H,24,30)(H,25,28)(H,26,27). The van der Waals surface area contributed by atoms with Gasteiger partial charge in [0.05, 0.1) is 11.9 Å². The lowest BCUT2D eigenvalue weighted by molar-refractivity contribution is -0.147. The van der Waals surface area contributed by atoms with Gasteiger partial charge in [0.1, 0.15) is 0 Å². The van der Waals surface area contributed by atoms with Gasteiger partial charge in [0.2, 0.25) is 0 Å². The molecule has 8 heteroatoms. The highest BCUT2D eigenvalue weighted by Crippen LogP contribution is 2.22. The fourth-order valence-electron chi connectivity index (χ4n) is 3.24. The van der Waals surface area contributed by atoms with Gasteiger partial charge in [-0.05, 0) is 17.5 Å². The molecule has 31 heavy (non-hydrogen) atoms.